The summed E-state index contributed by atoms with van der Waals surface area (Å²) in [4.78, 5) is 11.5. The van der Waals surface area contributed by atoms with Gasteiger partial charge in [-0.1, -0.05) is 84.9 Å². The van der Waals surface area contributed by atoms with E-state index in [9.17, 15) is 0 Å². The predicted octanol–water partition coefficient (Wildman–Crippen LogP) is 7.44. The van der Waals surface area contributed by atoms with Gasteiger partial charge in [0.1, 0.15) is 0 Å². The van der Waals surface area contributed by atoms with Gasteiger partial charge in [-0.05, 0) is 37.1 Å². The van der Waals surface area contributed by atoms with Gasteiger partial charge in [-0.15, -0.1) is 0 Å². The van der Waals surface area contributed by atoms with Crippen LogP contribution in [0.3, 0.4) is 0 Å². The molecule has 2 nitrogen and oxygen atoms in total. The van der Waals surface area contributed by atoms with Crippen LogP contribution < -0.4 is 0 Å². The van der Waals surface area contributed by atoms with E-state index >= 15 is 0 Å². The summed E-state index contributed by atoms with van der Waals surface area (Å²) in [6.07, 6.45) is 0. The molecule has 5 heteroatoms. The molecule has 0 aliphatic carbocycles. The molecule has 0 aliphatic heterocycles. The van der Waals surface area contributed by atoms with Gasteiger partial charge in [-0.3, -0.25) is 9.98 Å². The van der Waals surface area contributed by atoms with Crippen molar-refractivity contribution in [3.05, 3.63) is 108 Å². The van der Waals surface area contributed by atoms with E-state index in [2.05, 4.69) is 12.1 Å². The van der Waals surface area contributed by atoms with Crippen LogP contribution in [0.2, 0.25) is 0 Å². The Hall–Kier alpha value is -2.72. The standard InChI is InChI=1S/C28H24N2S2.Zn/c1-19(21-11-5-9-17-27(21)31)29-25-15-7-3-13-23(25)24-14-4-8-16-26(24)30-20(2)22-12-6-10-18-28(22)32;/h3-18,31-32H,1-2H3;/q;+2/p-2. The van der Waals surface area contributed by atoms with Crippen molar-refractivity contribution in [3.8, 4) is 11.1 Å². The second-order valence-corrected chi connectivity index (χ2v) is 8.30. The van der Waals surface area contributed by atoms with E-state index < -0.39 is 0 Å². The molecule has 0 saturated carbocycles. The average Bonchev–Trinajstić information content (AvgIpc) is 2.80. The van der Waals surface area contributed by atoms with Crippen LogP contribution >= 0.6 is 0 Å². The zero-order valence-corrected chi connectivity index (χ0v) is 23.3. The van der Waals surface area contributed by atoms with Crippen LogP contribution in [0.15, 0.2) is 117 Å². The predicted molar refractivity (Wildman–Crippen MR) is 140 cm³/mol. The summed E-state index contributed by atoms with van der Waals surface area (Å²) in [7, 11) is 0. The number of rotatable bonds is 5. The topological polar surface area (TPSA) is 24.7 Å². The van der Waals surface area contributed by atoms with E-state index in [-0.39, 0.29) is 19.5 Å². The fraction of sp³-hybridized carbons (Fsp3) is 0.0714. The summed E-state index contributed by atoms with van der Waals surface area (Å²) in [5.41, 5.74) is 7.53. The van der Waals surface area contributed by atoms with Crippen LogP contribution in [0.5, 0.6) is 0 Å². The third-order valence-electron chi connectivity index (χ3n) is 5.23. The van der Waals surface area contributed by atoms with Crippen molar-refractivity contribution >= 4 is 48.1 Å². The molecule has 4 aromatic carbocycles. The van der Waals surface area contributed by atoms with Crippen molar-refractivity contribution in [1.29, 1.82) is 0 Å². The third-order valence-corrected chi connectivity index (χ3v) is 5.94. The largest absolute Gasteiger partial charge is 2.00 e. The Bertz CT molecular complexity index is 1230. The van der Waals surface area contributed by atoms with Gasteiger partial charge in [0.25, 0.3) is 0 Å². The molecule has 0 aromatic heterocycles. The molecule has 0 bridgehead atoms. The van der Waals surface area contributed by atoms with Crippen molar-refractivity contribution in [2.45, 2.75) is 23.6 Å². The molecule has 158 valence electrons. The van der Waals surface area contributed by atoms with Crippen LogP contribution in [0, 0.1) is 0 Å². The molecule has 0 saturated heterocycles. The van der Waals surface area contributed by atoms with Gasteiger partial charge in [-0.25, -0.2) is 0 Å². The normalized spacial score (nSPS) is 11.7. The maximum absolute atomic E-state index is 5.49. The molecule has 0 heterocycles. The number of nitrogens with zero attached hydrogens (tertiary/aromatic N) is 2. The first kappa shape index (κ1) is 24.9. The van der Waals surface area contributed by atoms with E-state index in [4.69, 9.17) is 35.2 Å². The first-order valence-electron chi connectivity index (χ1n) is 10.4. The molecule has 0 amide bonds. The Labute approximate surface area is 219 Å². The molecule has 0 unspecified atom stereocenters. The molecule has 0 radical (unpaired) electrons. The maximum atomic E-state index is 5.49. The molecule has 0 fully saturated rings. The van der Waals surface area contributed by atoms with Crippen molar-refractivity contribution in [2.24, 2.45) is 9.98 Å². The van der Waals surface area contributed by atoms with Crippen molar-refractivity contribution in [2.75, 3.05) is 0 Å². The second-order valence-electron chi connectivity index (χ2n) is 7.42. The fourth-order valence-electron chi connectivity index (χ4n) is 3.61. The first-order chi connectivity index (χ1) is 15.5. The number of hydrogen-bond acceptors (Lipinski definition) is 4. The van der Waals surface area contributed by atoms with Crippen LogP contribution in [-0.4, -0.2) is 11.4 Å². The quantitative estimate of drug-likeness (QED) is 0.157. The van der Waals surface area contributed by atoms with Gasteiger partial charge >= 0.3 is 19.5 Å². The molecule has 4 rings (SSSR count). The Kier molecular flexibility index (Phi) is 8.63. The molecule has 0 aliphatic rings. The minimum atomic E-state index is 0. The van der Waals surface area contributed by atoms with Gasteiger partial charge in [0.15, 0.2) is 0 Å². The summed E-state index contributed by atoms with van der Waals surface area (Å²) in [6, 6.07) is 32.0. The summed E-state index contributed by atoms with van der Waals surface area (Å²) >= 11 is 11.0. The SMILES string of the molecule is CC(=Nc1ccccc1-c1ccccc1N=C(C)c1ccccc1[S-])c1ccccc1[S-].[Zn+2]. The molecular formula is C28H22N2S2Zn. The van der Waals surface area contributed by atoms with Crippen LogP contribution in [-0.2, 0) is 44.7 Å². The Morgan fingerprint density at radius 2 is 0.848 bits per heavy atom. The van der Waals surface area contributed by atoms with Gasteiger partial charge in [-0.2, -0.15) is 9.79 Å². The summed E-state index contributed by atoms with van der Waals surface area (Å²) in [6.45, 7) is 3.99. The van der Waals surface area contributed by atoms with Gasteiger partial charge in [0.05, 0.1) is 11.4 Å². The summed E-state index contributed by atoms with van der Waals surface area (Å²) in [5, 5.41) is 0. The van der Waals surface area contributed by atoms with Crippen molar-refractivity contribution in [1.82, 2.24) is 0 Å². The second kappa shape index (κ2) is 11.4. The van der Waals surface area contributed by atoms with E-state index in [0.717, 1.165) is 54.8 Å². The summed E-state index contributed by atoms with van der Waals surface area (Å²) < 4.78 is 0. The molecule has 33 heavy (non-hydrogen) atoms. The summed E-state index contributed by atoms with van der Waals surface area (Å²) in [5.74, 6) is 0. The fourth-order valence-corrected chi connectivity index (χ4v) is 4.20. The monoisotopic (exact) mass is 514 g/mol. The number of para-hydroxylation sites is 2. The van der Waals surface area contributed by atoms with E-state index in [0.29, 0.717) is 0 Å². The Morgan fingerprint density at radius 1 is 0.515 bits per heavy atom. The Morgan fingerprint density at radius 3 is 1.24 bits per heavy atom. The maximum Gasteiger partial charge on any atom is 2.00 e. The van der Waals surface area contributed by atoms with Gasteiger partial charge in [0.2, 0.25) is 0 Å². The van der Waals surface area contributed by atoms with E-state index in [1.54, 1.807) is 0 Å². The number of aliphatic imine (C=N–C) groups is 2. The van der Waals surface area contributed by atoms with E-state index in [1.807, 2.05) is 98.8 Å². The first-order valence-corrected chi connectivity index (χ1v) is 11.2. The van der Waals surface area contributed by atoms with Crippen molar-refractivity contribution in [3.63, 3.8) is 0 Å². The molecular weight excluding hydrogens is 494 g/mol. The third kappa shape index (κ3) is 5.80. The molecule has 0 atom stereocenters. The van der Waals surface area contributed by atoms with Crippen LogP contribution in [0.25, 0.3) is 11.1 Å². The smallest absolute Gasteiger partial charge is 0.779 e. The van der Waals surface area contributed by atoms with Crippen LogP contribution in [0.4, 0.5) is 11.4 Å². The van der Waals surface area contributed by atoms with Gasteiger partial charge < -0.3 is 25.3 Å². The van der Waals surface area contributed by atoms with Crippen molar-refractivity contribution < 1.29 is 19.5 Å². The van der Waals surface area contributed by atoms with Crippen LogP contribution in [0.1, 0.15) is 25.0 Å². The minimum Gasteiger partial charge on any atom is -0.779 e. The molecule has 0 N–H and O–H groups in total. The number of benzene rings is 4. The van der Waals surface area contributed by atoms with Gasteiger partial charge in [0, 0.05) is 22.6 Å². The number of hydrogen-bond donors (Lipinski definition) is 0. The average molecular weight is 516 g/mol. The zero-order chi connectivity index (χ0) is 22.5. The zero-order valence-electron chi connectivity index (χ0n) is 18.7. The Balaban J connectivity index is 0.00000306. The molecule has 0 spiro atoms. The minimum absolute atomic E-state index is 0. The molecule has 4 aromatic rings. The van der Waals surface area contributed by atoms with E-state index in [1.165, 1.54) is 0 Å².